The van der Waals surface area contributed by atoms with Gasteiger partial charge in [0.2, 0.25) is 17.7 Å². The van der Waals surface area contributed by atoms with Crippen LogP contribution in [0, 0.1) is 0 Å². The number of aryl methyl sites for hydroxylation is 1. The van der Waals surface area contributed by atoms with Crippen LogP contribution in [-0.4, -0.2) is 129 Å². The van der Waals surface area contributed by atoms with Gasteiger partial charge in [-0.3, -0.25) is 33.5 Å². The van der Waals surface area contributed by atoms with Gasteiger partial charge in [-0.15, -0.1) is 0 Å². The molecule has 2 aromatic heterocycles. The lowest BCUT2D eigenvalue weighted by atomic mass is 9.90. The second kappa shape index (κ2) is 19.3. The molecule has 2 fully saturated rings. The number of piperidine rings is 1. The minimum Gasteiger partial charge on any atom is -0.388 e. The van der Waals surface area contributed by atoms with Crippen LogP contribution in [0.25, 0.3) is 21.8 Å². The molecule has 1 atom stereocenters. The van der Waals surface area contributed by atoms with Crippen molar-refractivity contribution in [3.8, 4) is 0 Å². The number of carbonyl (C=O) groups is 4. The lowest BCUT2D eigenvalue weighted by Gasteiger charge is -2.39. The fourth-order valence-corrected chi connectivity index (χ4v) is 9.17. The van der Waals surface area contributed by atoms with Crippen LogP contribution in [0.4, 0.5) is 5.69 Å². The average molecular weight is 876 g/mol. The third-order valence-electron chi connectivity index (χ3n) is 12.6. The number of piperazine rings is 1. The summed E-state index contributed by atoms with van der Waals surface area (Å²) in [5.41, 5.74) is 3.23. The predicted octanol–water partition coefficient (Wildman–Crippen LogP) is 3.56. The number of likely N-dealkylation sites (N-methyl/N-ethyl adjacent to an activating group) is 1. The molecule has 330 valence electrons. The Balaban J connectivity index is 0.861. The number of amides is 4. The lowest BCUT2D eigenvalue weighted by Crippen LogP contribution is -2.56. The first-order valence-corrected chi connectivity index (χ1v) is 22.2. The van der Waals surface area contributed by atoms with Crippen LogP contribution in [0.1, 0.15) is 59.3 Å². The number of nitrogens with zero attached hydrogens (tertiary/aromatic N) is 6. The Labute approximate surface area is 370 Å². The van der Waals surface area contributed by atoms with Crippen molar-refractivity contribution in [2.45, 2.75) is 69.6 Å². The first-order valence-electron chi connectivity index (χ1n) is 21.8. The van der Waals surface area contributed by atoms with Gasteiger partial charge >= 0.3 is 0 Å². The molecule has 0 radical (unpaired) electrons. The van der Waals surface area contributed by atoms with Gasteiger partial charge < -0.3 is 35.8 Å². The molecular weight excluding hydrogens is 822 g/mol. The van der Waals surface area contributed by atoms with Gasteiger partial charge in [-0.2, -0.15) is 0 Å². The van der Waals surface area contributed by atoms with Crippen LogP contribution in [0.5, 0.6) is 0 Å². The highest BCUT2D eigenvalue weighted by molar-refractivity contribution is 6.36. The minimum atomic E-state index is -1.29. The quantitative estimate of drug-likeness (QED) is 0.137. The Bertz CT molecular complexity index is 2570. The normalized spacial score (nSPS) is 17.2. The van der Waals surface area contributed by atoms with E-state index in [1.807, 2.05) is 30.3 Å². The topological polar surface area (TPSA) is 182 Å². The number of benzene rings is 3. The number of pyridine rings is 1. The van der Waals surface area contributed by atoms with Crippen LogP contribution < -0.4 is 21.5 Å². The van der Waals surface area contributed by atoms with Crippen LogP contribution in [0.3, 0.4) is 0 Å². The van der Waals surface area contributed by atoms with Gasteiger partial charge in [-0.05, 0) is 87.0 Å². The zero-order valence-electron chi connectivity index (χ0n) is 35.6. The number of likely N-dealkylation sites (tertiary alicyclic amines) is 1. The molecule has 0 bridgehead atoms. The maximum atomic E-state index is 14.1. The molecule has 2 saturated heterocycles. The lowest BCUT2D eigenvalue weighted by molar-refractivity contribution is -0.140. The Morgan fingerprint density at radius 2 is 1.62 bits per heavy atom. The molecule has 3 aromatic carbocycles. The summed E-state index contributed by atoms with van der Waals surface area (Å²) >= 11 is 6.73. The number of hydrogen-bond donors (Lipinski definition) is 4. The number of aromatic nitrogens is 3. The third-order valence-corrected chi connectivity index (χ3v) is 13.0. The summed E-state index contributed by atoms with van der Waals surface area (Å²) in [6.45, 7) is 4.54. The van der Waals surface area contributed by atoms with E-state index in [9.17, 15) is 29.1 Å². The molecule has 4 heterocycles. The molecule has 15 nitrogen and oxygen atoms in total. The predicted molar refractivity (Wildman–Crippen MR) is 242 cm³/mol. The molecule has 1 aliphatic carbocycles. The molecular formula is C47H54ClN9O6. The van der Waals surface area contributed by atoms with E-state index in [0.29, 0.717) is 45.7 Å². The van der Waals surface area contributed by atoms with Crippen molar-refractivity contribution in [3.05, 3.63) is 111 Å². The van der Waals surface area contributed by atoms with E-state index in [1.165, 1.54) is 10.9 Å². The Hall–Kier alpha value is -5.74. The maximum absolute atomic E-state index is 14.1. The highest BCUT2D eigenvalue weighted by Crippen LogP contribution is 2.33. The van der Waals surface area contributed by atoms with E-state index in [2.05, 4.69) is 37.8 Å². The van der Waals surface area contributed by atoms with Crippen molar-refractivity contribution in [2.24, 2.45) is 0 Å². The van der Waals surface area contributed by atoms with Crippen molar-refractivity contribution in [2.75, 3.05) is 64.7 Å². The number of anilines is 1. The van der Waals surface area contributed by atoms with E-state index in [-0.39, 0.29) is 62.8 Å². The van der Waals surface area contributed by atoms with E-state index in [0.717, 1.165) is 74.1 Å². The van der Waals surface area contributed by atoms with Gasteiger partial charge in [0, 0.05) is 81.0 Å². The molecule has 0 unspecified atom stereocenters. The number of carbonyl (C=O) groups excluding carboxylic acids is 4. The van der Waals surface area contributed by atoms with Gasteiger partial charge in [-0.25, -0.2) is 4.98 Å². The van der Waals surface area contributed by atoms with Crippen LogP contribution in [0.2, 0.25) is 5.02 Å². The first kappa shape index (κ1) is 43.9. The van der Waals surface area contributed by atoms with E-state index >= 15 is 0 Å². The number of fused-ring (bicyclic) bond motifs is 3. The maximum Gasteiger partial charge on any atom is 0.261 e. The van der Waals surface area contributed by atoms with E-state index in [4.69, 9.17) is 16.6 Å². The van der Waals surface area contributed by atoms with Crippen molar-refractivity contribution < 1.29 is 24.3 Å². The highest BCUT2D eigenvalue weighted by atomic mass is 35.5. The van der Waals surface area contributed by atoms with Crippen molar-refractivity contribution in [1.29, 1.82) is 0 Å². The van der Waals surface area contributed by atoms with Crippen molar-refractivity contribution in [1.82, 2.24) is 39.9 Å². The standard InChI is InChI=1S/C47H54ClN9O6/c1-54-21-23-55(24-22-54)18-15-41(58)51-33-12-14-36-38(27-33)50-30-57(45(36)61)29-47(63)16-19-56(20-17-47)46(62)40(25-31-7-3-2-4-8-31)53-42(59)28-49-44(60)32-11-13-35-39(26-32)52-37-10-6-5-9-34(37)43(35)48/h2-4,7-8,11-14,26-27,30,40,63H,5-6,9-10,15-25,28-29H2,1H3,(H,49,60)(H,51,58)(H,53,59)/t40-/m1/s1. The van der Waals surface area contributed by atoms with Gasteiger partial charge in [0.05, 0.1) is 46.5 Å². The summed E-state index contributed by atoms with van der Waals surface area (Å²) in [4.78, 5) is 82.4. The molecule has 3 aliphatic rings. The monoisotopic (exact) mass is 875 g/mol. The molecule has 0 saturated carbocycles. The van der Waals surface area contributed by atoms with Gasteiger partial charge in [0.1, 0.15) is 6.04 Å². The second-order valence-electron chi connectivity index (χ2n) is 17.2. The Morgan fingerprint density at radius 3 is 2.40 bits per heavy atom. The Kier molecular flexibility index (Phi) is 13.5. The number of halogens is 1. The molecule has 2 aliphatic heterocycles. The number of aliphatic hydroxyl groups is 1. The summed E-state index contributed by atoms with van der Waals surface area (Å²) in [5.74, 6) is -1.40. The highest BCUT2D eigenvalue weighted by Gasteiger charge is 2.37. The molecule has 63 heavy (non-hydrogen) atoms. The van der Waals surface area contributed by atoms with Gasteiger partial charge in [0.15, 0.2) is 0 Å². The third kappa shape index (κ3) is 10.6. The van der Waals surface area contributed by atoms with Crippen LogP contribution in [-0.2, 0) is 40.2 Å². The SMILES string of the molecule is CN1CCN(CCC(=O)Nc2ccc3c(=O)n(CC4(O)CCN(C(=O)[C@@H](Cc5ccccc5)NC(=O)CNC(=O)c5ccc6c(Cl)c7c(nc6c5)CCCC7)CC4)cnc3c2)CC1. The summed E-state index contributed by atoms with van der Waals surface area (Å²) < 4.78 is 1.39. The molecule has 16 heteroatoms. The fourth-order valence-electron chi connectivity index (χ4n) is 8.81. The summed E-state index contributed by atoms with van der Waals surface area (Å²) in [6.07, 6.45) is 6.23. The van der Waals surface area contributed by atoms with Gasteiger partial charge in [0.25, 0.3) is 11.5 Å². The summed E-state index contributed by atoms with van der Waals surface area (Å²) in [6, 6.07) is 18.6. The van der Waals surface area contributed by atoms with Crippen molar-refractivity contribution in [3.63, 3.8) is 0 Å². The summed E-state index contributed by atoms with van der Waals surface area (Å²) in [5, 5.41) is 22.0. The molecule has 0 spiro atoms. The van der Waals surface area contributed by atoms with Crippen LogP contribution >= 0.6 is 11.6 Å². The minimum absolute atomic E-state index is 0.0199. The van der Waals surface area contributed by atoms with Crippen molar-refractivity contribution >= 4 is 62.7 Å². The zero-order valence-corrected chi connectivity index (χ0v) is 36.3. The smallest absolute Gasteiger partial charge is 0.261 e. The molecule has 8 rings (SSSR count). The largest absolute Gasteiger partial charge is 0.388 e. The Morgan fingerprint density at radius 1 is 0.873 bits per heavy atom. The van der Waals surface area contributed by atoms with Gasteiger partial charge in [-0.1, -0.05) is 48.0 Å². The second-order valence-corrected chi connectivity index (χ2v) is 17.6. The average Bonchev–Trinajstić information content (AvgIpc) is 3.29. The number of nitrogens with one attached hydrogen (secondary N) is 3. The van der Waals surface area contributed by atoms with E-state index < -0.39 is 23.5 Å². The molecule has 5 aromatic rings. The van der Waals surface area contributed by atoms with E-state index in [1.54, 1.807) is 41.3 Å². The number of hydrogen-bond acceptors (Lipinski definition) is 10. The molecule has 4 N–H and O–H groups in total. The number of rotatable bonds is 13. The first-order chi connectivity index (χ1) is 30.4. The fraction of sp³-hybridized carbons (Fsp3) is 0.426. The van der Waals surface area contributed by atoms with Crippen LogP contribution in [0.15, 0.2) is 77.9 Å². The molecule has 4 amide bonds. The zero-order chi connectivity index (χ0) is 44.1. The summed E-state index contributed by atoms with van der Waals surface area (Å²) in [7, 11) is 2.09.